The van der Waals surface area contributed by atoms with Crippen LogP contribution in [0.2, 0.25) is 0 Å². The van der Waals surface area contributed by atoms with Crippen LogP contribution >= 0.6 is 0 Å². The molecule has 4 rings (SSSR count). The van der Waals surface area contributed by atoms with E-state index in [-0.39, 0.29) is 11.4 Å². The summed E-state index contributed by atoms with van der Waals surface area (Å²) in [7, 11) is 0. The van der Waals surface area contributed by atoms with Crippen molar-refractivity contribution in [3.63, 3.8) is 0 Å². The largest absolute Gasteiger partial charge is 0.455 e. The number of para-hydroxylation sites is 2. The summed E-state index contributed by atoms with van der Waals surface area (Å²) in [6.07, 6.45) is 0. The molecule has 0 bridgehead atoms. The molecule has 9 heteroatoms. The molecule has 32 heavy (non-hydrogen) atoms. The molecule has 0 atom stereocenters. The first-order chi connectivity index (χ1) is 15.4. The maximum Gasteiger partial charge on any atom is 0.278 e. The summed E-state index contributed by atoms with van der Waals surface area (Å²) in [4.78, 5) is 23.5. The molecule has 0 aliphatic carbocycles. The van der Waals surface area contributed by atoms with Gasteiger partial charge < -0.3 is 10.1 Å². The zero-order valence-corrected chi connectivity index (χ0v) is 17.4. The van der Waals surface area contributed by atoms with E-state index in [0.29, 0.717) is 28.6 Å². The highest BCUT2D eigenvalue weighted by Crippen LogP contribution is 2.30. The Bertz CT molecular complexity index is 1300. The van der Waals surface area contributed by atoms with Gasteiger partial charge in [-0.2, -0.15) is 0 Å². The van der Waals surface area contributed by atoms with Gasteiger partial charge in [-0.1, -0.05) is 41.1 Å². The molecule has 1 heterocycles. The Morgan fingerprint density at radius 3 is 2.53 bits per heavy atom. The first-order valence-electron chi connectivity index (χ1n) is 9.74. The van der Waals surface area contributed by atoms with Gasteiger partial charge in [0, 0.05) is 12.1 Å². The summed E-state index contributed by atoms with van der Waals surface area (Å²) in [5, 5.41) is 21.8. The van der Waals surface area contributed by atoms with Gasteiger partial charge in [0.1, 0.15) is 5.75 Å². The molecule has 0 aliphatic heterocycles. The SMILES string of the molecule is Cc1ccc(Oc2ccccc2NC(=O)c2nnn(-c3cccc([N+](=O)[O-])c3)c2C)cc1. The molecule has 0 saturated carbocycles. The summed E-state index contributed by atoms with van der Waals surface area (Å²) < 4.78 is 7.31. The van der Waals surface area contributed by atoms with Crippen LogP contribution in [0.25, 0.3) is 5.69 Å². The lowest BCUT2D eigenvalue weighted by atomic mass is 10.2. The van der Waals surface area contributed by atoms with Crippen molar-refractivity contribution < 1.29 is 14.5 Å². The number of ether oxygens (including phenoxy) is 1. The molecule has 1 N–H and O–H groups in total. The van der Waals surface area contributed by atoms with Gasteiger partial charge in [-0.25, -0.2) is 4.68 Å². The lowest BCUT2D eigenvalue weighted by Gasteiger charge is -2.12. The number of hydrogen-bond donors (Lipinski definition) is 1. The molecule has 4 aromatic rings. The number of non-ortho nitro benzene ring substituents is 1. The number of aromatic nitrogens is 3. The van der Waals surface area contributed by atoms with E-state index >= 15 is 0 Å². The third-order valence-electron chi connectivity index (χ3n) is 4.78. The third kappa shape index (κ3) is 4.31. The normalized spacial score (nSPS) is 10.6. The van der Waals surface area contributed by atoms with E-state index in [2.05, 4.69) is 15.6 Å². The van der Waals surface area contributed by atoms with Gasteiger partial charge in [-0.15, -0.1) is 5.10 Å². The van der Waals surface area contributed by atoms with E-state index in [1.807, 2.05) is 37.3 Å². The zero-order valence-electron chi connectivity index (χ0n) is 17.4. The maximum atomic E-state index is 12.9. The number of carbonyl (C=O) groups is 1. The van der Waals surface area contributed by atoms with Crippen molar-refractivity contribution >= 4 is 17.3 Å². The van der Waals surface area contributed by atoms with Crippen LogP contribution in [0.5, 0.6) is 11.5 Å². The second-order valence-corrected chi connectivity index (χ2v) is 7.08. The molecule has 0 aliphatic rings. The summed E-state index contributed by atoms with van der Waals surface area (Å²) in [6, 6.07) is 20.6. The number of benzene rings is 3. The van der Waals surface area contributed by atoms with Crippen LogP contribution in [0.4, 0.5) is 11.4 Å². The van der Waals surface area contributed by atoms with E-state index in [4.69, 9.17) is 4.74 Å². The Hall–Kier alpha value is -4.53. The van der Waals surface area contributed by atoms with Crippen molar-refractivity contribution in [2.75, 3.05) is 5.32 Å². The van der Waals surface area contributed by atoms with Crippen LogP contribution in [0, 0.1) is 24.0 Å². The average Bonchev–Trinajstić information content (AvgIpc) is 3.18. The number of amides is 1. The highest BCUT2D eigenvalue weighted by atomic mass is 16.6. The number of nitrogens with one attached hydrogen (secondary N) is 1. The molecule has 1 amide bonds. The number of carbonyl (C=O) groups excluding carboxylic acids is 1. The van der Waals surface area contributed by atoms with Gasteiger partial charge in [-0.3, -0.25) is 14.9 Å². The molecule has 1 aromatic heterocycles. The smallest absolute Gasteiger partial charge is 0.278 e. The average molecular weight is 429 g/mol. The monoisotopic (exact) mass is 429 g/mol. The minimum absolute atomic E-state index is 0.0782. The topological polar surface area (TPSA) is 112 Å². The number of hydrogen-bond acceptors (Lipinski definition) is 6. The molecule has 0 unspecified atom stereocenters. The molecule has 0 spiro atoms. The molecule has 0 fully saturated rings. The Kier molecular flexibility index (Phi) is 5.63. The van der Waals surface area contributed by atoms with Crippen LogP contribution in [0.3, 0.4) is 0 Å². The molecule has 0 radical (unpaired) electrons. The molecule has 0 saturated heterocycles. The molecular formula is C23H19N5O4. The number of nitro groups is 1. The van der Waals surface area contributed by atoms with Crippen molar-refractivity contribution in [1.29, 1.82) is 0 Å². The fourth-order valence-electron chi connectivity index (χ4n) is 3.10. The highest BCUT2D eigenvalue weighted by molar-refractivity contribution is 6.04. The number of nitrogens with zero attached hydrogens (tertiary/aromatic N) is 4. The predicted octanol–water partition coefficient (Wildman–Crippen LogP) is 4.84. The van der Waals surface area contributed by atoms with Crippen molar-refractivity contribution in [2.45, 2.75) is 13.8 Å². The summed E-state index contributed by atoms with van der Waals surface area (Å²) in [5.41, 5.74) is 2.49. The maximum absolute atomic E-state index is 12.9. The molecule has 9 nitrogen and oxygen atoms in total. The van der Waals surface area contributed by atoms with E-state index in [0.717, 1.165) is 5.56 Å². The Labute approximate surface area is 183 Å². The van der Waals surface area contributed by atoms with Gasteiger partial charge in [0.05, 0.1) is 22.0 Å². The first-order valence-corrected chi connectivity index (χ1v) is 9.74. The summed E-state index contributed by atoms with van der Waals surface area (Å²) in [5.74, 6) is 0.651. The summed E-state index contributed by atoms with van der Waals surface area (Å²) in [6.45, 7) is 3.66. The lowest BCUT2D eigenvalue weighted by molar-refractivity contribution is -0.384. The Morgan fingerprint density at radius 2 is 1.78 bits per heavy atom. The standard InChI is InChI=1S/C23H19N5O4/c1-15-10-12-19(13-11-15)32-21-9-4-3-8-20(21)24-23(29)22-16(2)27(26-25-22)17-6-5-7-18(14-17)28(30)31/h3-14H,1-2H3,(H,24,29). The van der Waals surface area contributed by atoms with Gasteiger partial charge in [0.25, 0.3) is 11.6 Å². The van der Waals surface area contributed by atoms with Crippen LogP contribution < -0.4 is 10.1 Å². The van der Waals surface area contributed by atoms with Crippen LogP contribution in [-0.4, -0.2) is 25.8 Å². The van der Waals surface area contributed by atoms with Gasteiger partial charge in [0.2, 0.25) is 0 Å². The van der Waals surface area contributed by atoms with Crippen molar-refractivity contribution in [3.8, 4) is 17.2 Å². The van der Waals surface area contributed by atoms with Gasteiger partial charge >= 0.3 is 0 Å². The third-order valence-corrected chi connectivity index (χ3v) is 4.78. The Morgan fingerprint density at radius 1 is 1.03 bits per heavy atom. The van der Waals surface area contributed by atoms with E-state index in [1.165, 1.54) is 16.8 Å². The molecular weight excluding hydrogens is 410 g/mol. The second-order valence-electron chi connectivity index (χ2n) is 7.08. The minimum atomic E-state index is -0.492. The quantitative estimate of drug-likeness (QED) is 0.347. The van der Waals surface area contributed by atoms with E-state index in [1.54, 1.807) is 37.3 Å². The second kappa shape index (κ2) is 8.68. The van der Waals surface area contributed by atoms with Crippen molar-refractivity contribution in [3.05, 3.63) is 99.9 Å². The predicted molar refractivity (Wildman–Crippen MR) is 118 cm³/mol. The fraction of sp³-hybridized carbons (Fsp3) is 0.0870. The van der Waals surface area contributed by atoms with Gasteiger partial charge in [0.15, 0.2) is 11.4 Å². The fourth-order valence-corrected chi connectivity index (χ4v) is 3.10. The lowest BCUT2D eigenvalue weighted by Crippen LogP contribution is -2.14. The molecule has 3 aromatic carbocycles. The van der Waals surface area contributed by atoms with Crippen molar-refractivity contribution in [2.24, 2.45) is 0 Å². The number of rotatable bonds is 6. The van der Waals surface area contributed by atoms with E-state index in [9.17, 15) is 14.9 Å². The highest BCUT2D eigenvalue weighted by Gasteiger charge is 2.20. The van der Waals surface area contributed by atoms with Crippen molar-refractivity contribution in [1.82, 2.24) is 15.0 Å². The summed E-state index contributed by atoms with van der Waals surface area (Å²) >= 11 is 0. The minimum Gasteiger partial charge on any atom is -0.455 e. The zero-order chi connectivity index (χ0) is 22.7. The first kappa shape index (κ1) is 20.7. The van der Waals surface area contributed by atoms with Crippen LogP contribution in [-0.2, 0) is 0 Å². The number of nitro benzene ring substituents is 1. The molecule has 160 valence electrons. The van der Waals surface area contributed by atoms with Crippen LogP contribution in [0.15, 0.2) is 72.8 Å². The Balaban J connectivity index is 1.57. The van der Waals surface area contributed by atoms with Crippen LogP contribution in [0.1, 0.15) is 21.7 Å². The van der Waals surface area contributed by atoms with Gasteiger partial charge in [-0.05, 0) is 44.2 Å². The van der Waals surface area contributed by atoms with E-state index < -0.39 is 10.8 Å². The number of anilines is 1. The number of aryl methyl sites for hydroxylation is 1.